The highest BCUT2D eigenvalue weighted by Crippen LogP contribution is 2.45. The third-order valence-corrected chi connectivity index (χ3v) is 6.35. The van der Waals surface area contributed by atoms with Crippen LogP contribution in [0.5, 0.6) is 0 Å². The van der Waals surface area contributed by atoms with Crippen LogP contribution in [-0.4, -0.2) is 49.5 Å². The van der Waals surface area contributed by atoms with Gasteiger partial charge in [-0.3, -0.25) is 19.3 Å². The second-order valence-electron chi connectivity index (χ2n) is 7.97. The summed E-state index contributed by atoms with van der Waals surface area (Å²) in [6, 6.07) is 9.90. The number of hydrogen-bond donors (Lipinski definition) is 0. The van der Waals surface area contributed by atoms with Gasteiger partial charge >= 0.3 is 6.18 Å². The minimum Gasteiger partial charge on any atom is -0.309 e. The highest BCUT2D eigenvalue weighted by molar-refractivity contribution is 6.30. The zero-order valence-corrected chi connectivity index (χ0v) is 18.1. The number of aromatic nitrogens is 3. The molecule has 7 nitrogen and oxygen atoms in total. The summed E-state index contributed by atoms with van der Waals surface area (Å²) in [5.41, 5.74) is -1.75. The molecule has 3 aromatic rings. The van der Waals surface area contributed by atoms with Crippen molar-refractivity contribution in [3.63, 3.8) is 0 Å². The molecule has 33 heavy (non-hydrogen) atoms. The number of amides is 2. The van der Waals surface area contributed by atoms with Crippen LogP contribution >= 0.6 is 11.6 Å². The van der Waals surface area contributed by atoms with E-state index >= 15 is 0 Å². The monoisotopic (exact) mass is 475 g/mol. The first-order valence-corrected chi connectivity index (χ1v) is 10.5. The molecule has 2 aliphatic heterocycles. The molecule has 0 N–H and O–H groups in total. The second-order valence-corrected chi connectivity index (χ2v) is 8.41. The summed E-state index contributed by atoms with van der Waals surface area (Å²) in [5, 5.41) is 3.92. The molecule has 0 bridgehead atoms. The average molecular weight is 476 g/mol. The van der Waals surface area contributed by atoms with Crippen molar-refractivity contribution in [2.45, 2.75) is 18.3 Å². The number of hydrogen-bond acceptors (Lipinski definition) is 4. The Balaban J connectivity index is 1.70. The van der Waals surface area contributed by atoms with Crippen molar-refractivity contribution in [2.24, 2.45) is 7.05 Å². The molecule has 2 amide bonds. The standard InChI is InChI=1S/C22H17ClF3N5O2/c1-29-12-16(18(28-29)22(24,25)26)20(33)31-10-9-30-19(32)15-3-2-8-27-17(15)11-21(30,31)13-4-6-14(23)7-5-13/h2-8,12H,9-11H2,1H3/t21-/m0/s1. The largest absolute Gasteiger partial charge is 0.435 e. The molecule has 1 fully saturated rings. The third-order valence-electron chi connectivity index (χ3n) is 6.10. The van der Waals surface area contributed by atoms with Gasteiger partial charge in [-0.1, -0.05) is 23.7 Å². The van der Waals surface area contributed by atoms with Gasteiger partial charge < -0.3 is 9.80 Å². The van der Waals surface area contributed by atoms with Gasteiger partial charge in [-0.05, 0) is 29.8 Å². The highest BCUT2D eigenvalue weighted by Gasteiger charge is 2.57. The van der Waals surface area contributed by atoms with Gasteiger partial charge in [0, 0.05) is 44.0 Å². The van der Waals surface area contributed by atoms with Crippen molar-refractivity contribution in [2.75, 3.05) is 13.1 Å². The van der Waals surface area contributed by atoms with Crippen molar-refractivity contribution in [1.29, 1.82) is 0 Å². The summed E-state index contributed by atoms with van der Waals surface area (Å²) < 4.78 is 41.8. The SMILES string of the molecule is Cn1cc(C(=O)N2CCN3C(=O)c4cccnc4C[C@]32c2ccc(Cl)cc2)c(C(F)(F)F)n1. The number of rotatable bonds is 2. The van der Waals surface area contributed by atoms with E-state index in [1.807, 2.05) is 0 Å². The van der Waals surface area contributed by atoms with Gasteiger partial charge in [-0.25, -0.2) is 0 Å². The summed E-state index contributed by atoms with van der Waals surface area (Å²) in [7, 11) is 1.32. The van der Waals surface area contributed by atoms with Crippen LogP contribution in [0.4, 0.5) is 13.2 Å². The lowest BCUT2D eigenvalue weighted by Crippen LogP contribution is -2.58. The van der Waals surface area contributed by atoms with Gasteiger partial charge in [0.05, 0.1) is 16.8 Å². The van der Waals surface area contributed by atoms with Gasteiger partial charge in [-0.15, -0.1) is 0 Å². The average Bonchev–Trinajstić information content (AvgIpc) is 3.36. The maximum atomic E-state index is 13.6. The molecule has 2 aromatic heterocycles. The molecule has 170 valence electrons. The molecule has 0 spiro atoms. The molecular weight excluding hydrogens is 459 g/mol. The molecule has 2 aliphatic rings. The highest BCUT2D eigenvalue weighted by atomic mass is 35.5. The van der Waals surface area contributed by atoms with E-state index in [-0.39, 0.29) is 25.4 Å². The normalized spacial score (nSPS) is 20.1. The topological polar surface area (TPSA) is 71.3 Å². The lowest BCUT2D eigenvalue weighted by molar-refractivity contribution is -0.142. The summed E-state index contributed by atoms with van der Waals surface area (Å²) in [4.78, 5) is 34.2. The summed E-state index contributed by atoms with van der Waals surface area (Å²) in [6.45, 7) is 0.205. The molecule has 0 aliphatic carbocycles. The van der Waals surface area contributed by atoms with E-state index in [1.165, 1.54) is 16.8 Å². The lowest BCUT2D eigenvalue weighted by Gasteiger charge is -2.46. The smallest absolute Gasteiger partial charge is 0.309 e. The first-order valence-electron chi connectivity index (χ1n) is 10.1. The molecule has 4 heterocycles. The Morgan fingerprint density at radius 2 is 1.88 bits per heavy atom. The van der Waals surface area contributed by atoms with Crippen molar-refractivity contribution in [3.05, 3.63) is 81.9 Å². The second kappa shape index (κ2) is 7.31. The number of benzene rings is 1. The molecular formula is C22H17ClF3N5O2. The third kappa shape index (κ3) is 3.19. The zero-order valence-electron chi connectivity index (χ0n) is 17.3. The number of pyridine rings is 1. The summed E-state index contributed by atoms with van der Waals surface area (Å²) in [5.74, 6) is -1.20. The van der Waals surface area contributed by atoms with Gasteiger partial charge in [0.15, 0.2) is 5.69 Å². The fourth-order valence-electron chi connectivity index (χ4n) is 4.73. The van der Waals surface area contributed by atoms with E-state index < -0.39 is 29.0 Å². The van der Waals surface area contributed by atoms with Gasteiger partial charge in [-0.2, -0.15) is 18.3 Å². The van der Waals surface area contributed by atoms with Gasteiger partial charge in [0.2, 0.25) is 0 Å². The number of nitrogens with zero attached hydrogens (tertiary/aromatic N) is 5. The Morgan fingerprint density at radius 3 is 2.58 bits per heavy atom. The minimum absolute atomic E-state index is 0.0490. The maximum absolute atomic E-state index is 13.6. The Labute approximate surface area is 191 Å². The van der Waals surface area contributed by atoms with Crippen molar-refractivity contribution >= 4 is 23.4 Å². The fourth-order valence-corrected chi connectivity index (χ4v) is 4.85. The van der Waals surface area contributed by atoms with E-state index in [0.717, 1.165) is 10.9 Å². The summed E-state index contributed by atoms with van der Waals surface area (Å²) >= 11 is 6.06. The molecule has 5 rings (SSSR count). The quantitative estimate of drug-likeness (QED) is 0.569. The maximum Gasteiger partial charge on any atom is 0.435 e. The molecule has 0 unspecified atom stereocenters. The number of carbonyl (C=O) groups is 2. The molecule has 0 saturated carbocycles. The Bertz CT molecular complexity index is 1270. The number of carbonyl (C=O) groups excluding carboxylic acids is 2. The first kappa shape index (κ1) is 21.4. The van der Waals surface area contributed by atoms with Crippen LogP contribution in [-0.2, 0) is 25.3 Å². The lowest BCUT2D eigenvalue weighted by atomic mass is 9.86. The Hall–Kier alpha value is -3.40. The van der Waals surface area contributed by atoms with E-state index in [1.54, 1.807) is 42.6 Å². The van der Waals surface area contributed by atoms with Crippen molar-refractivity contribution < 1.29 is 22.8 Å². The van der Waals surface area contributed by atoms with E-state index in [0.29, 0.717) is 21.8 Å². The van der Waals surface area contributed by atoms with Crippen LogP contribution in [0, 0.1) is 0 Å². The zero-order chi connectivity index (χ0) is 23.5. The van der Waals surface area contributed by atoms with Gasteiger partial charge in [0.1, 0.15) is 5.66 Å². The van der Waals surface area contributed by atoms with Crippen LogP contribution in [0.3, 0.4) is 0 Å². The molecule has 1 atom stereocenters. The molecule has 1 aromatic carbocycles. The Kier molecular flexibility index (Phi) is 4.75. The Morgan fingerprint density at radius 1 is 1.15 bits per heavy atom. The number of alkyl halides is 3. The number of halogens is 4. The minimum atomic E-state index is -4.81. The van der Waals surface area contributed by atoms with E-state index in [4.69, 9.17) is 11.6 Å². The number of aryl methyl sites for hydroxylation is 1. The number of fused-ring (bicyclic) bond motifs is 2. The van der Waals surface area contributed by atoms with Crippen LogP contribution in [0.15, 0.2) is 48.8 Å². The molecule has 1 saturated heterocycles. The van der Waals surface area contributed by atoms with Crippen LogP contribution < -0.4 is 0 Å². The predicted octanol–water partition coefficient (Wildman–Crippen LogP) is 3.49. The van der Waals surface area contributed by atoms with Crippen molar-refractivity contribution in [3.8, 4) is 0 Å². The van der Waals surface area contributed by atoms with Crippen molar-refractivity contribution in [1.82, 2.24) is 24.6 Å². The fraction of sp³-hybridized carbons (Fsp3) is 0.273. The first-order chi connectivity index (χ1) is 15.6. The van der Waals surface area contributed by atoms with E-state index in [2.05, 4.69) is 10.1 Å². The predicted molar refractivity (Wildman–Crippen MR) is 111 cm³/mol. The van der Waals surface area contributed by atoms with Gasteiger partial charge in [0.25, 0.3) is 11.8 Å². The van der Waals surface area contributed by atoms with Crippen LogP contribution in [0.2, 0.25) is 5.02 Å². The van der Waals surface area contributed by atoms with E-state index in [9.17, 15) is 22.8 Å². The van der Waals surface area contributed by atoms with Crippen LogP contribution in [0.25, 0.3) is 0 Å². The van der Waals surface area contributed by atoms with Crippen LogP contribution in [0.1, 0.15) is 37.7 Å². The summed E-state index contributed by atoms with van der Waals surface area (Å²) in [6.07, 6.45) is -2.08. The molecule has 0 radical (unpaired) electrons. The molecule has 11 heteroatoms.